The third-order valence-corrected chi connectivity index (χ3v) is 4.92. The molecule has 2 rings (SSSR count). The number of aromatic nitrogens is 2. The van der Waals surface area contributed by atoms with E-state index >= 15 is 0 Å². The van der Waals surface area contributed by atoms with Crippen molar-refractivity contribution in [3.63, 3.8) is 0 Å². The van der Waals surface area contributed by atoms with Gasteiger partial charge in [0.05, 0.1) is 11.9 Å². The summed E-state index contributed by atoms with van der Waals surface area (Å²) in [6.07, 6.45) is 5.56. The Morgan fingerprint density at radius 3 is 2.30 bits per heavy atom. The summed E-state index contributed by atoms with van der Waals surface area (Å²) in [4.78, 5) is 4.04. The molecule has 1 heterocycles. The molecule has 0 aliphatic heterocycles. The Labute approximate surface area is 183 Å². The van der Waals surface area contributed by atoms with Gasteiger partial charge in [-0.05, 0) is 29.2 Å². The summed E-state index contributed by atoms with van der Waals surface area (Å²) in [5, 5.41) is 13.0. The molecule has 0 saturated carbocycles. The molecule has 0 radical (unpaired) electrons. The second-order valence-corrected chi connectivity index (χ2v) is 7.36. The predicted octanol–water partition coefficient (Wildman–Crippen LogP) is 2.45. The minimum atomic E-state index is -5.17. The first-order chi connectivity index (χ1) is 11.9. The van der Waals surface area contributed by atoms with Gasteiger partial charge in [-0.15, -0.1) is 0 Å². The van der Waals surface area contributed by atoms with Gasteiger partial charge in [-0.1, -0.05) is 55.3 Å². The molecule has 0 saturated heterocycles. The van der Waals surface area contributed by atoms with Gasteiger partial charge in [-0.2, -0.15) is 0 Å². The monoisotopic (exact) mass is 500 g/mol. The maximum atomic E-state index is 12.3. The van der Waals surface area contributed by atoms with Crippen molar-refractivity contribution in [1.29, 1.82) is 0 Å². The van der Waals surface area contributed by atoms with Crippen LogP contribution in [-0.4, -0.2) is 32.1 Å². The van der Waals surface area contributed by atoms with Gasteiger partial charge in [0.2, 0.25) is 0 Å². The van der Waals surface area contributed by atoms with Crippen molar-refractivity contribution in [3.8, 4) is 0 Å². The van der Waals surface area contributed by atoms with Gasteiger partial charge >= 0.3 is 17.1 Å². The summed E-state index contributed by atoms with van der Waals surface area (Å²) < 4.78 is 35.9. The number of hydrogen-bond donors (Lipinski definition) is 0. The van der Waals surface area contributed by atoms with Crippen LogP contribution in [0.4, 0.5) is 0 Å². The number of imidazole rings is 1. The summed E-state index contributed by atoms with van der Waals surface area (Å²) in [5.74, 6) is -0.202. The molecular formula is C15H15Cl2CuN2O5S2. The van der Waals surface area contributed by atoms with Gasteiger partial charge in [0, 0.05) is 38.8 Å². The molecule has 0 fully saturated rings. The summed E-state index contributed by atoms with van der Waals surface area (Å²) in [7, 11) is -5.17. The second-order valence-electron chi connectivity index (χ2n) is 5.33. The molecule has 2 unspecified atom stereocenters. The van der Waals surface area contributed by atoms with E-state index in [4.69, 9.17) is 52.9 Å². The Balaban J connectivity index is 0.00000100. The molecule has 12 heteroatoms. The van der Waals surface area contributed by atoms with E-state index in [0.717, 1.165) is 5.56 Å². The molecule has 2 atom stereocenters. The largest absolute Gasteiger partial charge is 3.00 e. The van der Waals surface area contributed by atoms with Crippen molar-refractivity contribution in [2.75, 3.05) is 0 Å². The Morgan fingerprint density at radius 1 is 1.37 bits per heavy atom. The van der Waals surface area contributed by atoms with Crippen molar-refractivity contribution < 1.29 is 39.7 Å². The molecule has 0 aliphatic rings. The molecule has 1 aromatic carbocycles. The number of hydrogen-bond acceptors (Lipinski definition) is 7. The van der Waals surface area contributed by atoms with E-state index in [1.165, 1.54) is 0 Å². The normalized spacial score (nSPS) is 14.1. The Hall–Kier alpha value is -0.711. The molecule has 0 aliphatic carbocycles. The Kier molecular flexibility index (Phi) is 10.4. The molecule has 27 heavy (non-hydrogen) atoms. The zero-order valence-electron chi connectivity index (χ0n) is 14.1. The molecule has 152 valence electrons. The predicted molar refractivity (Wildman–Crippen MR) is 98.4 cm³/mol. The van der Waals surface area contributed by atoms with Crippen LogP contribution in [0.1, 0.15) is 31.7 Å². The van der Waals surface area contributed by atoms with Gasteiger partial charge in [0.1, 0.15) is 0 Å². The first-order valence-corrected chi connectivity index (χ1v) is 9.74. The molecule has 1 aromatic heterocycles. The quantitative estimate of drug-likeness (QED) is 0.267. The van der Waals surface area contributed by atoms with E-state index in [1.807, 2.05) is 19.9 Å². The van der Waals surface area contributed by atoms with Crippen molar-refractivity contribution in [1.82, 2.24) is 9.55 Å². The van der Waals surface area contributed by atoms with Gasteiger partial charge in [0.15, 0.2) is 0 Å². The van der Waals surface area contributed by atoms with E-state index in [2.05, 4.69) is 4.98 Å². The fourth-order valence-electron chi connectivity index (χ4n) is 2.74. The first kappa shape index (κ1) is 26.3. The van der Waals surface area contributed by atoms with Crippen molar-refractivity contribution in [3.05, 3.63) is 52.5 Å². The zero-order chi connectivity index (χ0) is 20.1. The summed E-state index contributed by atoms with van der Waals surface area (Å²) in [6, 6.07) is 5.29. The van der Waals surface area contributed by atoms with Crippen LogP contribution in [-0.2, 0) is 33.0 Å². The number of nitrogens with zero attached hydrogens (tertiary/aromatic N) is 2. The molecule has 2 aromatic rings. The summed E-state index contributed by atoms with van der Waals surface area (Å²) in [5.41, 5.74) is -0.0432. The third-order valence-electron chi connectivity index (χ3n) is 4.00. The second kappa shape index (κ2) is 10.7. The smallest absolute Gasteiger partial charge is 0.866 e. The molecule has 0 bridgehead atoms. The maximum Gasteiger partial charge on any atom is 3.00 e. The fourth-order valence-corrected chi connectivity index (χ4v) is 3.74. The average Bonchev–Trinajstić information content (AvgIpc) is 3.01. The number of thiocarbonyl (C=S) groups is 1. The van der Waals surface area contributed by atoms with Crippen molar-refractivity contribution in [2.24, 2.45) is 0 Å². The number of benzene rings is 1. The minimum Gasteiger partial charge on any atom is -0.866 e. The Morgan fingerprint density at radius 2 is 1.93 bits per heavy atom. The van der Waals surface area contributed by atoms with Gasteiger partial charge in [0.25, 0.3) is 0 Å². The molecular weight excluding hydrogens is 487 g/mol. The topological polar surface area (TPSA) is 121 Å². The molecule has 7 nitrogen and oxygen atoms in total. The van der Waals surface area contributed by atoms with Crippen LogP contribution in [0.15, 0.2) is 36.9 Å². The molecule has 0 spiro atoms. The zero-order valence-corrected chi connectivity index (χ0v) is 18.1. The standard InChI is InChI=1S/C15H16Cl2N2OS.Cu.H2O4S/c1-3-15(14(20)21,19-7-6-18-9-19)10(2)12-5-4-11(16)8-13(12)17;;1-5(2,3)4/h4-10H,3H2,1-2H3,(H,20,21);;(H2,1,2,3,4)/q;+3;/p-3. The van der Waals surface area contributed by atoms with E-state index in [1.54, 1.807) is 35.4 Å². The van der Waals surface area contributed by atoms with E-state index in [-0.39, 0.29) is 28.0 Å². The minimum absolute atomic E-state index is 0. The van der Waals surface area contributed by atoms with E-state index in [0.29, 0.717) is 16.5 Å². The number of halogens is 2. The summed E-state index contributed by atoms with van der Waals surface area (Å²) >= 11 is 17.3. The molecule has 0 amide bonds. The van der Waals surface area contributed by atoms with E-state index in [9.17, 15) is 5.11 Å². The third kappa shape index (κ3) is 6.99. The molecule has 0 N–H and O–H groups in total. The van der Waals surface area contributed by atoms with Crippen LogP contribution in [0.3, 0.4) is 0 Å². The van der Waals surface area contributed by atoms with Crippen LogP contribution in [0.2, 0.25) is 10.0 Å². The van der Waals surface area contributed by atoms with Crippen molar-refractivity contribution in [2.45, 2.75) is 31.7 Å². The van der Waals surface area contributed by atoms with Crippen LogP contribution < -0.4 is 5.11 Å². The maximum absolute atomic E-state index is 12.3. The fraction of sp³-hybridized carbons (Fsp3) is 0.333. The number of rotatable bonds is 5. The van der Waals surface area contributed by atoms with E-state index < -0.39 is 15.9 Å². The van der Waals surface area contributed by atoms with Crippen LogP contribution >= 0.6 is 35.4 Å². The van der Waals surface area contributed by atoms with Crippen molar-refractivity contribution >= 4 is 50.9 Å². The van der Waals surface area contributed by atoms with Gasteiger partial charge in [-0.25, -0.2) is 4.98 Å². The van der Waals surface area contributed by atoms with Gasteiger partial charge < -0.3 is 18.8 Å². The first-order valence-electron chi connectivity index (χ1n) is 7.25. The van der Waals surface area contributed by atoms with Crippen LogP contribution in [0.25, 0.3) is 0 Å². The summed E-state index contributed by atoms with van der Waals surface area (Å²) in [6.45, 7) is 3.88. The SMILES string of the molecule is CCC(C([O-])=S)(C(C)c1ccc(Cl)cc1Cl)n1ccnc1.O=S(=O)([O-])[O-].[Cu+3]. The Bertz CT molecular complexity index is 857. The van der Waals surface area contributed by atoms with Crippen LogP contribution in [0.5, 0.6) is 0 Å². The van der Waals surface area contributed by atoms with Gasteiger partial charge in [-0.3, -0.25) is 8.42 Å². The van der Waals surface area contributed by atoms with Crippen LogP contribution in [0, 0.1) is 0 Å². The average molecular weight is 502 g/mol.